The molecule has 0 fully saturated rings. The highest BCUT2D eigenvalue weighted by Crippen LogP contribution is 2.04. The van der Waals surface area contributed by atoms with Gasteiger partial charge < -0.3 is 8.85 Å². The van der Waals surface area contributed by atoms with E-state index < -0.39 is 0 Å². The zero-order valence-corrected chi connectivity index (χ0v) is 13.7. The average molecular weight is 249 g/mol. The fraction of sp³-hybridized carbons (Fsp3) is 1.00. The van der Waals surface area contributed by atoms with Crippen molar-refractivity contribution in [3.63, 3.8) is 0 Å². The van der Waals surface area contributed by atoms with Crippen molar-refractivity contribution in [3.05, 3.63) is 0 Å². The molecule has 0 radical (unpaired) electrons. The molecule has 0 saturated carbocycles. The van der Waals surface area contributed by atoms with Gasteiger partial charge in [0.1, 0.15) is 0 Å². The molecule has 2 nitrogen and oxygen atoms in total. The topological polar surface area (TPSA) is 18.5 Å². The summed E-state index contributed by atoms with van der Waals surface area (Å²) in [6, 6.07) is 0. The van der Waals surface area contributed by atoms with E-state index in [9.17, 15) is 0 Å². The van der Waals surface area contributed by atoms with Gasteiger partial charge in [0, 0.05) is 12.2 Å². The summed E-state index contributed by atoms with van der Waals surface area (Å²) >= 11 is 0. The summed E-state index contributed by atoms with van der Waals surface area (Å²) in [5, 5.41) is 0. The van der Waals surface area contributed by atoms with Crippen LogP contribution in [-0.4, -0.2) is 31.7 Å². The molecule has 0 aromatic heterocycles. The highest BCUT2D eigenvalue weighted by Gasteiger charge is 2.05. The molecule has 0 bridgehead atoms. The van der Waals surface area contributed by atoms with E-state index in [1.165, 1.54) is 31.4 Å². The van der Waals surface area contributed by atoms with Gasteiger partial charge in [0.2, 0.25) is 0 Å². The predicted octanol–water partition coefficient (Wildman–Crippen LogP) is 1.94. The van der Waals surface area contributed by atoms with E-state index in [0.29, 0.717) is 12.2 Å². The molecular formula is C11H28O2Si2. The molecule has 92 valence electrons. The van der Waals surface area contributed by atoms with Crippen LogP contribution in [0.5, 0.6) is 0 Å². The van der Waals surface area contributed by atoms with Crippen LogP contribution in [0.25, 0.3) is 0 Å². The lowest BCUT2D eigenvalue weighted by atomic mass is 10.2. The predicted molar refractivity (Wildman–Crippen MR) is 72.8 cm³/mol. The molecule has 0 atom stereocenters. The first kappa shape index (κ1) is 15.4. The van der Waals surface area contributed by atoms with Crippen molar-refractivity contribution >= 4 is 19.5 Å². The summed E-state index contributed by atoms with van der Waals surface area (Å²) in [5.41, 5.74) is 1.30. The molecular weight excluding hydrogens is 220 g/mol. The lowest BCUT2D eigenvalue weighted by Gasteiger charge is -2.16. The maximum absolute atomic E-state index is 5.88. The molecule has 0 spiro atoms. The Morgan fingerprint density at radius 1 is 0.733 bits per heavy atom. The molecule has 0 N–H and O–H groups in total. The van der Waals surface area contributed by atoms with Crippen LogP contribution in [0.3, 0.4) is 0 Å². The van der Waals surface area contributed by atoms with Gasteiger partial charge in [-0.1, -0.05) is 27.7 Å². The molecule has 0 aliphatic carbocycles. The Morgan fingerprint density at radius 3 is 1.33 bits per heavy atom. The van der Waals surface area contributed by atoms with Crippen LogP contribution in [0.1, 0.15) is 53.4 Å². The van der Waals surface area contributed by atoms with Gasteiger partial charge in [-0.05, 0) is 31.4 Å². The number of hydrogen-bond donors (Lipinski definition) is 0. The number of hydrogen-bond acceptors (Lipinski definition) is 2. The van der Waals surface area contributed by atoms with E-state index in [-0.39, 0.29) is 19.5 Å². The maximum Gasteiger partial charge on any atom is 0.161 e. The Labute approximate surface area is 100 Å². The van der Waals surface area contributed by atoms with E-state index in [0.717, 1.165) is 0 Å². The van der Waals surface area contributed by atoms with Crippen LogP contribution in [-0.2, 0) is 8.85 Å². The van der Waals surface area contributed by atoms with Gasteiger partial charge in [-0.25, -0.2) is 0 Å². The van der Waals surface area contributed by atoms with Gasteiger partial charge in [0.25, 0.3) is 0 Å². The van der Waals surface area contributed by atoms with Crippen molar-refractivity contribution in [2.75, 3.05) is 0 Å². The van der Waals surface area contributed by atoms with Gasteiger partial charge in [0.15, 0.2) is 19.5 Å². The lowest BCUT2D eigenvalue weighted by Crippen LogP contribution is -2.18. The molecule has 0 aliphatic rings. The van der Waals surface area contributed by atoms with Crippen LogP contribution >= 0.6 is 0 Å². The normalized spacial score (nSPS) is 13.2. The SMILES string of the molecule is CCC(CC)O[SiH2]C[SiH2]OC(CC)CC. The summed E-state index contributed by atoms with van der Waals surface area (Å²) in [6.45, 7) is 8.84. The van der Waals surface area contributed by atoms with E-state index in [1.54, 1.807) is 0 Å². The van der Waals surface area contributed by atoms with Crippen molar-refractivity contribution in [1.29, 1.82) is 0 Å². The monoisotopic (exact) mass is 248 g/mol. The second-order valence-corrected chi connectivity index (χ2v) is 8.28. The molecule has 15 heavy (non-hydrogen) atoms. The molecule has 0 aromatic carbocycles. The van der Waals surface area contributed by atoms with E-state index in [1.807, 2.05) is 0 Å². The summed E-state index contributed by atoms with van der Waals surface area (Å²) < 4.78 is 11.8. The molecule has 0 rings (SSSR count). The van der Waals surface area contributed by atoms with Crippen LogP contribution in [0.15, 0.2) is 0 Å². The molecule has 0 saturated heterocycles. The molecule has 0 amide bonds. The van der Waals surface area contributed by atoms with Crippen molar-refractivity contribution in [3.8, 4) is 0 Å². The second-order valence-electron chi connectivity index (χ2n) is 3.97. The minimum absolute atomic E-state index is 0.280. The molecule has 0 aliphatic heterocycles. The third kappa shape index (κ3) is 8.19. The molecule has 0 heterocycles. The minimum Gasteiger partial charge on any atom is -0.421 e. The van der Waals surface area contributed by atoms with E-state index in [2.05, 4.69) is 27.7 Å². The van der Waals surface area contributed by atoms with Gasteiger partial charge in [-0.2, -0.15) is 0 Å². The van der Waals surface area contributed by atoms with Crippen molar-refractivity contribution in [2.24, 2.45) is 0 Å². The Kier molecular flexibility index (Phi) is 11.1. The number of rotatable bonds is 10. The molecule has 0 unspecified atom stereocenters. The minimum atomic E-state index is -0.280. The van der Waals surface area contributed by atoms with Crippen molar-refractivity contribution in [2.45, 2.75) is 71.3 Å². The summed E-state index contributed by atoms with van der Waals surface area (Å²) in [6.07, 6.45) is 5.71. The first-order valence-electron chi connectivity index (χ1n) is 6.51. The zero-order valence-electron chi connectivity index (χ0n) is 10.9. The Hall–Kier alpha value is 0.354. The zero-order chi connectivity index (χ0) is 11.5. The summed E-state index contributed by atoms with van der Waals surface area (Å²) in [4.78, 5) is 0. The van der Waals surface area contributed by atoms with Crippen LogP contribution in [0, 0.1) is 0 Å². The Morgan fingerprint density at radius 2 is 1.07 bits per heavy atom. The van der Waals surface area contributed by atoms with Crippen LogP contribution in [0.2, 0.25) is 5.67 Å². The Bertz CT molecular complexity index is 112. The summed E-state index contributed by atoms with van der Waals surface area (Å²) in [7, 11) is -0.559. The quantitative estimate of drug-likeness (QED) is 0.434. The van der Waals surface area contributed by atoms with E-state index in [4.69, 9.17) is 8.85 Å². The highest BCUT2D eigenvalue weighted by atomic mass is 28.3. The van der Waals surface area contributed by atoms with E-state index >= 15 is 0 Å². The third-order valence-corrected chi connectivity index (χ3v) is 6.54. The average Bonchev–Trinajstić information content (AvgIpc) is 2.29. The molecule has 0 aromatic rings. The van der Waals surface area contributed by atoms with Crippen LogP contribution in [0.4, 0.5) is 0 Å². The van der Waals surface area contributed by atoms with Gasteiger partial charge in [-0.3, -0.25) is 0 Å². The summed E-state index contributed by atoms with van der Waals surface area (Å²) in [5.74, 6) is 0. The second kappa shape index (κ2) is 10.9. The maximum atomic E-state index is 5.88. The standard InChI is InChI=1S/C11H28O2Si2/c1-5-10(6-2)12-14-9-15-13-11(7-3)8-4/h10-11H,5-9,14-15H2,1-4H3. The smallest absolute Gasteiger partial charge is 0.161 e. The first-order chi connectivity index (χ1) is 7.28. The largest absolute Gasteiger partial charge is 0.421 e. The molecule has 4 heteroatoms. The third-order valence-electron chi connectivity index (χ3n) is 2.82. The Balaban J connectivity index is 3.30. The van der Waals surface area contributed by atoms with Gasteiger partial charge in [-0.15, -0.1) is 0 Å². The highest BCUT2D eigenvalue weighted by molar-refractivity contribution is 6.48. The van der Waals surface area contributed by atoms with Gasteiger partial charge >= 0.3 is 0 Å². The first-order valence-corrected chi connectivity index (χ1v) is 9.66. The van der Waals surface area contributed by atoms with Crippen molar-refractivity contribution in [1.82, 2.24) is 0 Å². The van der Waals surface area contributed by atoms with Crippen molar-refractivity contribution < 1.29 is 8.85 Å². The van der Waals surface area contributed by atoms with Gasteiger partial charge in [0.05, 0.1) is 0 Å². The van der Waals surface area contributed by atoms with Crippen LogP contribution < -0.4 is 0 Å². The fourth-order valence-electron chi connectivity index (χ4n) is 1.61. The fourth-order valence-corrected chi connectivity index (χ4v) is 5.02. The lowest BCUT2D eigenvalue weighted by molar-refractivity contribution is 0.196.